The monoisotopic (exact) mass is 296 g/mol. The molecule has 106 valence electrons. The number of benzene rings is 2. The number of rotatable bonds is 2. The maximum atomic E-state index is 12.2. The van der Waals surface area contributed by atoms with E-state index >= 15 is 0 Å². The zero-order chi connectivity index (χ0) is 14.8. The van der Waals surface area contributed by atoms with Crippen molar-refractivity contribution in [1.29, 1.82) is 0 Å². The normalized spacial score (nSPS) is 16.8. The lowest BCUT2D eigenvalue weighted by atomic mass is 10.2. The Labute approximate surface area is 128 Å². The fraction of sp³-hybridized carbons (Fsp3) is 0.176. The fourth-order valence-electron chi connectivity index (χ4n) is 2.26. The van der Waals surface area contributed by atoms with Gasteiger partial charge >= 0.3 is 0 Å². The topological polar surface area (TPSA) is 32.7 Å². The van der Waals surface area contributed by atoms with E-state index in [-0.39, 0.29) is 5.91 Å². The van der Waals surface area contributed by atoms with Crippen LogP contribution in [0.2, 0.25) is 0 Å². The molecule has 3 nitrogen and oxygen atoms in total. The van der Waals surface area contributed by atoms with Crippen LogP contribution in [0.4, 0.5) is 11.4 Å². The number of amides is 1. The molecule has 3 rings (SSSR count). The van der Waals surface area contributed by atoms with E-state index in [4.69, 9.17) is 0 Å². The van der Waals surface area contributed by atoms with Gasteiger partial charge in [-0.15, -0.1) is 0 Å². The summed E-state index contributed by atoms with van der Waals surface area (Å²) in [7, 11) is 0. The minimum atomic E-state index is 0.0814. The number of amidine groups is 1. The maximum absolute atomic E-state index is 12.2. The lowest BCUT2D eigenvalue weighted by molar-refractivity contribution is -0.115. The van der Waals surface area contributed by atoms with Crippen molar-refractivity contribution in [2.75, 3.05) is 10.7 Å². The Morgan fingerprint density at radius 2 is 1.90 bits per heavy atom. The van der Waals surface area contributed by atoms with Gasteiger partial charge in [-0.05, 0) is 43.2 Å². The number of hydrogen-bond acceptors (Lipinski definition) is 3. The lowest BCUT2D eigenvalue weighted by Gasteiger charge is -2.16. The van der Waals surface area contributed by atoms with Gasteiger partial charge in [-0.3, -0.25) is 9.69 Å². The summed E-state index contributed by atoms with van der Waals surface area (Å²) >= 11 is 1.49. The first-order valence-corrected chi connectivity index (χ1v) is 7.80. The van der Waals surface area contributed by atoms with Crippen molar-refractivity contribution in [3.8, 4) is 0 Å². The van der Waals surface area contributed by atoms with Crippen LogP contribution in [0.25, 0.3) is 0 Å². The van der Waals surface area contributed by atoms with Gasteiger partial charge in [0.05, 0.1) is 17.1 Å². The molecule has 0 N–H and O–H groups in total. The van der Waals surface area contributed by atoms with Crippen LogP contribution in [0.15, 0.2) is 53.5 Å². The average Bonchev–Trinajstić information content (AvgIpc) is 2.82. The highest BCUT2D eigenvalue weighted by molar-refractivity contribution is 8.15. The third-order valence-corrected chi connectivity index (χ3v) is 4.28. The SMILES string of the molecule is Cc1cccc(N2C(=O)CSC2=Nc2ccccc2C)c1. The quantitative estimate of drug-likeness (QED) is 0.837. The summed E-state index contributed by atoms with van der Waals surface area (Å²) in [5, 5.41) is 0.750. The zero-order valence-electron chi connectivity index (χ0n) is 12.0. The molecule has 0 radical (unpaired) electrons. The van der Waals surface area contributed by atoms with Gasteiger partial charge in [-0.25, -0.2) is 4.99 Å². The van der Waals surface area contributed by atoms with Crippen molar-refractivity contribution in [3.05, 3.63) is 59.7 Å². The van der Waals surface area contributed by atoms with Crippen molar-refractivity contribution in [2.45, 2.75) is 13.8 Å². The van der Waals surface area contributed by atoms with E-state index in [9.17, 15) is 4.79 Å². The molecular weight excluding hydrogens is 280 g/mol. The Hall–Kier alpha value is -2.07. The molecule has 1 aliphatic rings. The molecule has 0 spiro atoms. The first-order chi connectivity index (χ1) is 10.1. The Kier molecular flexibility index (Phi) is 3.80. The predicted octanol–water partition coefficient (Wildman–Crippen LogP) is 4.07. The summed E-state index contributed by atoms with van der Waals surface area (Å²) in [5.41, 5.74) is 4.03. The number of carbonyl (C=O) groups is 1. The largest absolute Gasteiger partial charge is 0.273 e. The zero-order valence-corrected chi connectivity index (χ0v) is 12.9. The van der Waals surface area contributed by atoms with Gasteiger partial charge in [0.2, 0.25) is 5.91 Å². The standard InChI is InChI=1S/C17H16N2OS/c1-12-6-5-8-14(10-12)19-16(20)11-21-17(19)18-15-9-4-3-7-13(15)2/h3-10H,11H2,1-2H3. The van der Waals surface area contributed by atoms with Crippen molar-refractivity contribution >= 4 is 34.2 Å². The molecule has 1 heterocycles. The summed E-state index contributed by atoms with van der Waals surface area (Å²) in [4.78, 5) is 18.6. The van der Waals surface area contributed by atoms with Gasteiger partial charge in [-0.2, -0.15) is 0 Å². The van der Waals surface area contributed by atoms with E-state index in [1.807, 2.05) is 62.4 Å². The van der Waals surface area contributed by atoms with Crippen LogP contribution in [0, 0.1) is 13.8 Å². The molecular formula is C17H16N2OS. The minimum Gasteiger partial charge on any atom is -0.273 e. The van der Waals surface area contributed by atoms with Gasteiger partial charge < -0.3 is 0 Å². The van der Waals surface area contributed by atoms with E-state index in [2.05, 4.69) is 4.99 Å². The molecule has 0 aromatic heterocycles. The molecule has 1 fully saturated rings. The number of hydrogen-bond donors (Lipinski definition) is 0. The Balaban J connectivity index is 2.02. The van der Waals surface area contributed by atoms with Crippen molar-refractivity contribution in [1.82, 2.24) is 0 Å². The van der Waals surface area contributed by atoms with Crippen LogP contribution < -0.4 is 4.90 Å². The van der Waals surface area contributed by atoms with Crippen LogP contribution in [0.5, 0.6) is 0 Å². The van der Waals surface area contributed by atoms with Crippen LogP contribution in [0.3, 0.4) is 0 Å². The van der Waals surface area contributed by atoms with E-state index in [1.54, 1.807) is 4.90 Å². The molecule has 4 heteroatoms. The second-order valence-electron chi connectivity index (χ2n) is 5.04. The van der Waals surface area contributed by atoms with Crippen LogP contribution in [0.1, 0.15) is 11.1 Å². The Bertz CT molecular complexity index is 724. The molecule has 0 bridgehead atoms. The second kappa shape index (κ2) is 5.74. The second-order valence-corrected chi connectivity index (χ2v) is 5.98. The highest BCUT2D eigenvalue weighted by atomic mass is 32.2. The Morgan fingerprint density at radius 1 is 1.10 bits per heavy atom. The van der Waals surface area contributed by atoms with Crippen LogP contribution >= 0.6 is 11.8 Å². The highest BCUT2D eigenvalue weighted by Gasteiger charge is 2.29. The first kappa shape index (κ1) is 13.9. The number of aliphatic imine (C=N–C) groups is 1. The lowest BCUT2D eigenvalue weighted by Crippen LogP contribution is -2.29. The van der Waals surface area contributed by atoms with Gasteiger partial charge in [0.1, 0.15) is 0 Å². The summed E-state index contributed by atoms with van der Waals surface area (Å²) in [5.74, 6) is 0.525. The van der Waals surface area contributed by atoms with Gasteiger partial charge in [0.15, 0.2) is 5.17 Å². The molecule has 21 heavy (non-hydrogen) atoms. The summed E-state index contributed by atoms with van der Waals surface area (Å²) < 4.78 is 0. The minimum absolute atomic E-state index is 0.0814. The van der Waals surface area contributed by atoms with E-state index in [0.717, 1.165) is 27.7 Å². The molecule has 1 saturated heterocycles. The predicted molar refractivity (Wildman–Crippen MR) is 89.4 cm³/mol. The number of anilines is 1. The molecule has 1 aliphatic heterocycles. The number of para-hydroxylation sites is 1. The van der Waals surface area contributed by atoms with Crippen LogP contribution in [-0.2, 0) is 4.79 Å². The molecule has 0 unspecified atom stereocenters. The molecule has 2 aromatic carbocycles. The third kappa shape index (κ3) is 2.85. The highest BCUT2D eigenvalue weighted by Crippen LogP contribution is 2.30. The molecule has 0 saturated carbocycles. The number of nitrogens with zero attached hydrogens (tertiary/aromatic N) is 2. The molecule has 0 atom stereocenters. The summed E-state index contributed by atoms with van der Waals surface area (Å²) in [6.45, 7) is 4.05. The summed E-state index contributed by atoms with van der Waals surface area (Å²) in [6, 6.07) is 15.9. The maximum Gasteiger partial charge on any atom is 0.243 e. The number of carbonyl (C=O) groups excluding carboxylic acids is 1. The van der Waals surface area contributed by atoms with Gasteiger partial charge in [0.25, 0.3) is 0 Å². The Morgan fingerprint density at radius 3 is 2.67 bits per heavy atom. The van der Waals surface area contributed by atoms with E-state index < -0.39 is 0 Å². The van der Waals surface area contributed by atoms with Gasteiger partial charge in [0, 0.05) is 0 Å². The van der Waals surface area contributed by atoms with Crippen molar-refractivity contribution in [3.63, 3.8) is 0 Å². The smallest absolute Gasteiger partial charge is 0.243 e. The fourth-order valence-corrected chi connectivity index (χ4v) is 3.14. The summed E-state index contributed by atoms with van der Waals surface area (Å²) in [6.07, 6.45) is 0. The number of thioether (sulfide) groups is 1. The number of aryl methyl sites for hydroxylation is 2. The van der Waals surface area contributed by atoms with E-state index in [1.165, 1.54) is 11.8 Å². The average molecular weight is 296 g/mol. The van der Waals surface area contributed by atoms with Gasteiger partial charge in [-0.1, -0.05) is 42.1 Å². The van der Waals surface area contributed by atoms with Crippen molar-refractivity contribution < 1.29 is 4.79 Å². The third-order valence-electron chi connectivity index (χ3n) is 3.36. The van der Waals surface area contributed by atoms with Crippen molar-refractivity contribution in [2.24, 2.45) is 4.99 Å². The molecule has 0 aliphatic carbocycles. The van der Waals surface area contributed by atoms with Crippen LogP contribution in [-0.4, -0.2) is 16.8 Å². The molecule has 1 amide bonds. The first-order valence-electron chi connectivity index (χ1n) is 6.82. The molecule has 2 aromatic rings. The van der Waals surface area contributed by atoms with E-state index in [0.29, 0.717) is 5.75 Å².